The Balaban J connectivity index is 1.74. The summed E-state index contributed by atoms with van der Waals surface area (Å²) in [6, 6.07) is 12.2. The van der Waals surface area contributed by atoms with Gasteiger partial charge in [0.1, 0.15) is 5.69 Å². The van der Waals surface area contributed by atoms with Gasteiger partial charge in [0.15, 0.2) is 0 Å². The van der Waals surface area contributed by atoms with E-state index < -0.39 is 0 Å². The normalized spacial score (nSPS) is 16.7. The average molecular weight is 327 g/mol. The van der Waals surface area contributed by atoms with Crippen molar-refractivity contribution in [3.63, 3.8) is 0 Å². The fourth-order valence-electron chi connectivity index (χ4n) is 3.38. The van der Waals surface area contributed by atoms with E-state index in [4.69, 9.17) is 4.74 Å². The number of aromatic nitrogens is 2. The molecule has 0 bridgehead atoms. The Morgan fingerprint density at radius 1 is 1.25 bits per heavy atom. The largest absolute Gasteiger partial charge is 0.381 e. The van der Waals surface area contributed by atoms with Crippen LogP contribution in [0.15, 0.2) is 42.6 Å². The van der Waals surface area contributed by atoms with Crippen LogP contribution in [-0.2, 0) is 16.7 Å². The minimum atomic E-state index is -0.0530. The Labute approximate surface area is 143 Å². The number of carbonyl (C=O) groups is 1. The molecular weight excluding hydrogens is 302 g/mol. The fourth-order valence-corrected chi connectivity index (χ4v) is 3.38. The summed E-state index contributed by atoms with van der Waals surface area (Å²) in [4.78, 5) is 12.6. The molecule has 0 unspecified atom stereocenters. The van der Waals surface area contributed by atoms with Gasteiger partial charge >= 0.3 is 0 Å². The maximum Gasteiger partial charge on any atom is 0.269 e. The fraction of sp³-hybridized carbons (Fsp3) is 0.474. The molecule has 0 aliphatic carbocycles. The Kier molecular flexibility index (Phi) is 5.30. The Morgan fingerprint density at radius 3 is 2.71 bits per heavy atom. The SMILES string of the molecule is CCCn1nccc1C(=O)NCC1(c2ccccc2)CCOCC1. The number of amides is 1. The highest BCUT2D eigenvalue weighted by Gasteiger charge is 2.35. The second-order valence-corrected chi connectivity index (χ2v) is 6.38. The summed E-state index contributed by atoms with van der Waals surface area (Å²) in [6.07, 6.45) is 4.48. The lowest BCUT2D eigenvalue weighted by Crippen LogP contribution is -2.45. The van der Waals surface area contributed by atoms with Crippen molar-refractivity contribution in [3.8, 4) is 0 Å². The summed E-state index contributed by atoms with van der Waals surface area (Å²) >= 11 is 0. The molecule has 0 atom stereocenters. The first-order valence-corrected chi connectivity index (χ1v) is 8.68. The number of rotatable bonds is 6. The van der Waals surface area contributed by atoms with E-state index in [9.17, 15) is 4.79 Å². The predicted molar refractivity (Wildman–Crippen MR) is 93.0 cm³/mol. The minimum absolute atomic E-state index is 0.0508. The van der Waals surface area contributed by atoms with Gasteiger partial charge in [0, 0.05) is 37.9 Å². The number of aryl methyl sites for hydroxylation is 1. The zero-order valence-electron chi connectivity index (χ0n) is 14.2. The molecule has 0 radical (unpaired) electrons. The number of nitrogens with zero attached hydrogens (tertiary/aromatic N) is 2. The minimum Gasteiger partial charge on any atom is -0.381 e. The van der Waals surface area contributed by atoms with Crippen molar-refractivity contribution in [2.45, 2.75) is 38.1 Å². The lowest BCUT2D eigenvalue weighted by atomic mass is 9.74. The number of ether oxygens (including phenoxy) is 1. The number of benzene rings is 1. The number of nitrogens with one attached hydrogen (secondary N) is 1. The average Bonchev–Trinajstić information content (AvgIpc) is 3.10. The second kappa shape index (κ2) is 7.62. The molecule has 1 amide bonds. The molecule has 1 aliphatic rings. The predicted octanol–water partition coefficient (Wildman–Crippen LogP) is 2.77. The van der Waals surface area contributed by atoms with Gasteiger partial charge in [0.05, 0.1) is 0 Å². The van der Waals surface area contributed by atoms with Gasteiger partial charge in [-0.3, -0.25) is 9.48 Å². The quantitative estimate of drug-likeness (QED) is 0.887. The van der Waals surface area contributed by atoms with Crippen molar-refractivity contribution >= 4 is 5.91 Å². The van der Waals surface area contributed by atoms with Crippen LogP contribution < -0.4 is 5.32 Å². The summed E-state index contributed by atoms with van der Waals surface area (Å²) < 4.78 is 7.32. The lowest BCUT2D eigenvalue weighted by molar-refractivity contribution is 0.0486. The molecule has 1 aliphatic heterocycles. The Bertz CT molecular complexity index is 660. The van der Waals surface area contributed by atoms with E-state index in [1.165, 1.54) is 5.56 Å². The molecule has 1 saturated heterocycles. The zero-order valence-corrected chi connectivity index (χ0v) is 14.2. The van der Waals surface area contributed by atoms with E-state index >= 15 is 0 Å². The van der Waals surface area contributed by atoms with Gasteiger partial charge in [-0.25, -0.2) is 0 Å². The van der Waals surface area contributed by atoms with Crippen molar-refractivity contribution in [2.24, 2.45) is 0 Å². The third-order valence-electron chi connectivity index (χ3n) is 4.81. The van der Waals surface area contributed by atoms with Gasteiger partial charge < -0.3 is 10.1 Å². The van der Waals surface area contributed by atoms with Gasteiger partial charge in [0.2, 0.25) is 0 Å². The van der Waals surface area contributed by atoms with E-state index in [1.807, 2.05) is 6.07 Å². The van der Waals surface area contributed by atoms with Crippen molar-refractivity contribution in [1.29, 1.82) is 0 Å². The van der Waals surface area contributed by atoms with Crippen LogP contribution in [0.25, 0.3) is 0 Å². The molecule has 1 N–H and O–H groups in total. The van der Waals surface area contributed by atoms with Crippen LogP contribution >= 0.6 is 0 Å². The first-order valence-electron chi connectivity index (χ1n) is 8.68. The van der Waals surface area contributed by atoms with Gasteiger partial charge in [-0.15, -0.1) is 0 Å². The molecule has 128 valence electrons. The molecular formula is C19H25N3O2. The smallest absolute Gasteiger partial charge is 0.269 e. The lowest BCUT2D eigenvalue weighted by Gasteiger charge is -2.38. The van der Waals surface area contributed by atoms with Crippen LogP contribution in [-0.4, -0.2) is 35.4 Å². The van der Waals surface area contributed by atoms with Crippen LogP contribution in [0.5, 0.6) is 0 Å². The highest BCUT2D eigenvalue weighted by atomic mass is 16.5. The first kappa shape index (κ1) is 16.7. The third-order valence-corrected chi connectivity index (χ3v) is 4.81. The van der Waals surface area contributed by atoms with E-state index in [0.717, 1.165) is 39.0 Å². The molecule has 2 aromatic rings. The number of hydrogen-bond donors (Lipinski definition) is 1. The molecule has 2 heterocycles. The summed E-state index contributed by atoms with van der Waals surface area (Å²) in [5.74, 6) is -0.0530. The standard InChI is InChI=1S/C19H25N3O2/c1-2-12-22-17(8-11-21-22)18(23)20-15-19(9-13-24-14-10-19)16-6-4-3-5-7-16/h3-8,11H,2,9-10,12-15H2,1H3,(H,20,23). The molecule has 5 nitrogen and oxygen atoms in total. The van der Waals surface area contributed by atoms with Crippen molar-refractivity contribution in [1.82, 2.24) is 15.1 Å². The van der Waals surface area contributed by atoms with Crippen molar-refractivity contribution < 1.29 is 9.53 Å². The van der Waals surface area contributed by atoms with Gasteiger partial charge in [-0.05, 0) is 30.9 Å². The van der Waals surface area contributed by atoms with Crippen molar-refractivity contribution in [3.05, 3.63) is 53.9 Å². The number of hydrogen-bond acceptors (Lipinski definition) is 3. The van der Waals surface area contributed by atoms with Gasteiger partial charge in [-0.1, -0.05) is 37.3 Å². The number of carbonyl (C=O) groups excluding carboxylic acids is 1. The van der Waals surface area contributed by atoms with Crippen LogP contribution in [0.3, 0.4) is 0 Å². The van der Waals surface area contributed by atoms with E-state index in [1.54, 1.807) is 16.9 Å². The molecule has 1 aromatic heterocycles. The van der Waals surface area contributed by atoms with Gasteiger partial charge in [0.25, 0.3) is 5.91 Å². The van der Waals surface area contributed by atoms with Gasteiger partial charge in [-0.2, -0.15) is 5.10 Å². The zero-order chi connectivity index (χ0) is 16.8. The highest BCUT2D eigenvalue weighted by Crippen LogP contribution is 2.34. The summed E-state index contributed by atoms with van der Waals surface area (Å²) in [5, 5.41) is 7.37. The van der Waals surface area contributed by atoms with Crippen LogP contribution in [0, 0.1) is 0 Å². The molecule has 0 spiro atoms. The molecule has 1 aromatic carbocycles. The molecule has 24 heavy (non-hydrogen) atoms. The maximum atomic E-state index is 12.6. The Morgan fingerprint density at radius 2 is 2.00 bits per heavy atom. The molecule has 5 heteroatoms. The second-order valence-electron chi connectivity index (χ2n) is 6.38. The molecule has 1 fully saturated rings. The van der Waals surface area contributed by atoms with Crippen LogP contribution in [0.4, 0.5) is 0 Å². The third kappa shape index (κ3) is 3.51. The Hall–Kier alpha value is -2.14. The van der Waals surface area contributed by atoms with Crippen molar-refractivity contribution in [2.75, 3.05) is 19.8 Å². The topological polar surface area (TPSA) is 56.2 Å². The maximum absolute atomic E-state index is 12.6. The van der Waals surface area contributed by atoms with E-state index in [0.29, 0.717) is 12.2 Å². The van der Waals surface area contributed by atoms with E-state index in [-0.39, 0.29) is 11.3 Å². The monoisotopic (exact) mass is 327 g/mol. The summed E-state index contributed by atoms with van der Waals surface area (Å²) in [7, 11) is 0. The molecule has 0 saturated carbocycles. The summed E-state index contributed by atoms with van der Waals surface area (Å²) in [5.41, 5.74) is 1.85. The summed E-state index contributed by atoms with van der Waals surface area (Å²) in [6.45, 7) is 4.93. The van der Waals surface area contributed by atoms with Crippen LogP contribution in [0.2, 0.25) is 0 Å². The van der Waals surface area contributed by atoms with Crippen LogP contribution in [0.1, 0.15) is 42.2 Å². The first-order chi connectivity index (χ1) is 11.7. The molecule has 3 rings (SSSR count). The highest BCUT2D eigenvalue weighted by molar-refractivity contribution is 5.92. The van der Waals surface area contributed by atoms with E-state index in [2.05, 4.69) is 41.6 Å².